The molecule has 0 aromatic heterocycles. The maximum atomic E-state index is 14.6. The van der Waals surface area contributed by atoms with Gasteiger partial charge in [-0.1, -0.05) is 51.1 Å². The zero-order chi connectivity index (χ0) is 14.9. The number of rotatable bonds is 2. The lowest BCUT2D eigenvalue weighted by atomic mass is 9.84. The van der Waals surface area contributed by atoms with Crippen LogP contribution in [0.3, 0.4) is 0 Å². The van der Waals surface area contributed by atoms with Gasteiger partial charge >= 0.3 is 0 Å². The third-order valence-corrected chi connectivity index (χ3v) is 3.15. The maximum Gasteiger partial charge on any atom is 0.195 e. The van der Waals surface area contributed by atoms with Crippen LogP contribution < -0.4 is 0 Å². The topological polar surface area (TPSA) is 37.3 Å². The Morgan fingerprint density at radius 3 is 2.20 bits per heavy atom. The van der Waals surface area contributed by atoms with E-state index in [-0.39, 0.29) is 22.7 Å². The van der Waals surface area contributed by atoms with Gasteiger partial charge in [-0.3, -0.25) is 4.79 Å². The van der Waals surface area contributed by atoms with Crippen LogP contribution in [0.2, 0.25) is 0 Å². The fourth-order valence-electron chi connectivity index (χ4n) is 2.20. The van der Waals surface area contributed by atoms with E-state index < -0.39 is 11.2 Å². The standard InChI is InChI=1S/C17H17FO2/c1-17(2,3)14-13(19)10-9-12(15(14)18)16(20)11-7-5-4-6-8-11/h4-10,19H,1-3H3. The molecule has 0 saturated carbocycles. The van der Waals surface area contributed by atoms with Gasteiger partial charge in [0.1, 0.15) is 11.6 Å². The molecule has 104 valence electrons. The number of phenolic OH excluding ortho intramolecular Hbond substituents is 1. The molecule has 0 aliphatic heterocycles. The van der Waals surface area contributed by atoms with E-state index in [0.717, 1.165) is 0 Å². The smallest absolute Gasteiger partial charge is 0.195 e. The molecule has 0 amide bonds. The SMILES string of the molecule is CC(C)(C)c1c(O)ccc(C(=O)c2ccccc2)c1F. The number of hydrogen-bond donors (Lipinski definition) is 1. The highest BCUT2D eigenvalue weighted by Crippen LogP contribution is 2.34. The van der Waals surface area contributed by atoms with Crippen LogP contribution in [0.25, 0.3) is 0 Å². The van der Waals surface area contributed by atoms with Gasteiger partial charge in [-0.05, 0) is 17.5 Å². The minimum atomic E-state index is -0.647. The van der Waals surface area contributed by atoms with Crippen molar-refractivity contribution in [3.8, 4) is 5.75 Å². The summed E-state index contributed by atoms with van der Waals surface area (Å²) in [4.78, 5) is 12.3. The predicted octanol–water partition coefficient (Wildman–Crippen LogP) is 4.06. The second-order valence-electron chi connectivity index (χ2n) is 5.77. The van der Waals surface area contributed by atoms with Crippen molar-refractivity contribution in [1.82, 2.24) is 0 Å². The van der Waals surface area contributed by atoms with E-state index in [2.05, 4.69) is 0 Å². The molecule has 2 aromatic carbocycles. The third kappa shape index (κ3) is 2.57. The Kier molecular flexibility index (Phi) is 3.62. The molecule has 3 heteroatoms. The van der Waals surface area contributed by atoms with Crippen molar-refractivity contribution in [3.05, 3.63) is 65.0 Å². The number of carbonyl (C=O) groups is 1. The van der Waals surface area contributed by atoms with Gasteiger partial charge in [0.15, 0.2) is 5.78 Å². The van der Waals surface area contributed by atoms with Crippen LogP contribution in [0, 0.1) is 5.82 Å². The maximum absolute atomic E-state index is 14.6. The van der Waals surface area contributed by atoms with Crippen molar-refractivity contribution in [3.63, 3.8) is 0 Å². The van der Waals surface area contributed by atoms with Crippen LogP contribution in [0.15, 0.2) is 42.5 Å². The minimum Gasteiger partial charge on any atom is -0.508 e. The van der Waals surface area contributed by atoms with Crippen molar-refractivity contribution < 1.29 is 14.3 Å². The highest BCUT2D eigenvalue weighted by atomic mass is 19.1. The summed E-state index contributed by atoms with van der Waals surface area (Å²) in [5, 5.41) is 9.85. The highest BCUT2D eigenvalue weighted by Gasteiger charge is 2.27. The lowest BCUT2D eigenvalue weighted by molar-refractivity contribution is 0.103. The van der Waals surface area contributed by atoms with E-state index in [0.29, 0.717) is 5.56 Å². The van der Waals surface area contributed by atoms with E-state index in [1.54, 1.807) is 51.1 Å². The van der Waals surface area contributed by atoms with Crippen molar-refractivity contribution in [1.29, 1.82) is 0 Å². The Hall–Kier alpha value is -2.16. The van der Waals surface area contributed by atoms with E-state index in [4.69, 9.17) is 0 Å². The van der Waals surface area contributed by atoms with Gasteiger partial charge < -0.3 is 5.11 Å². The summed E-state index contributed by atoms with van der Waals surface area (Å²) >= 11 is 0. The average molecular weight is 272 g/mol. The Labute approximate surface area is 117 Å². The van der Waals surface area contributed by atoms with Gasteiger partial charge in [0, 0.05) is 11.1 Å². The molecule has 0 unspecified atom stereocenters. The third-order valence-electron chi connectivity index (χ3n) is 3.15. The van der Waals surface area contributed by atoms with E-state index in [1.807, 2.05) is 0 Å². The number of benzene rings is 2. The van der Waals surface area contributed by atoms with E-state index in [9.17, 15) is 14.3 Å². The molecule has 20 heavy (non-hydrogen) atoms. The number of carbonyl (C=O) groups excluding carboxylic acids is 1. The quantitative estimate of drug-likeness (QED) is 0.837. The Morgan fingerprint density at radius 1 is 1.05 bits per heavy atom. The zero-order valence-corrected chi connectivity index (χ0v) is 11.8. The van der Waals surface area contributed by atoms with Crippen molar-refractivity contribution >= 4 is 5.78 Å². The second-order valence-corrected chi connectivity index (χ2v) is 5.77. The highest BCUT2D eigenvalue weighted by molar-refractivity contribution is 6.09. The molecule has 2 nitrogen and oxygen atoms in total. The number of hydrogen-bond acceptors (Lipinski definition) is 2. The van der Waals surface area contributed by atoms with Crippen LogP contribution in [-0.2, 0) is 5.41 Å². The molecule has 2 aromatic rings. The molecule has 0 spiro atoms. The summed E-state index contributed by atoms with van der Waals surface area (Å²) in [5.41, 5.74) is -0.00335. The molecule has 0 heterocycles. The molecule has 1 N–H and O–H groups in total. The van der Waals surface area contributed by atoms with E-state index >= 15 is 0 Å². The zero-order valence-electron chi connectivity index (χ0n) is 11.8. The number of aromatic hydroxyl groups is 1. The molecule has 2 rings (SSSR count). The fourth-order valence-corrected chi connectivity index (χ4v) is 2.20. The normalized spacial score (nSPS) is 11.4. The molecule has 0 aliphatic rings. The molecule has 0 fully saturated rings. The largest absolute Gasteiger partial charge is 0.508 e. The Bertz CT molecular complexity index is 640. The molecule has 0 aliphatic carbocycles. The van der Waals surface area contributed by atoms with Gasteiger partial charge in [-0.2, -0.15) is 0 Å². The van der Waals surface area contributed by atoms with Gasteiger partial charge in [0.2, 0.25) is 0 Å². The van der Waals surface area contributed by atoms with Crippen LogP contribution in [0.5, 0.6) is 5.75 Å². The van der Waals surface area contributed by atoms with Crippen LogP contribution in [0.1, 0.15) is 42.3 Å². The first-order valence-electron chi connectivity index (χ1n) is 6.44. The monoisotopic (exact) mass is 272 g/mol. The summed E-state index contributed by atoms with van der Waals surface area (Å²) in [6.45, 7) is 5.38. The number of halogens is 1. The molecule has 0 atom stereocenters. The number of ketones is 1. The van der Waals surface area contributed by atoms with Gasteiger partial charge in [0.05, 0.1) is 5.56 Å². The summed E-state index contributed by atoms with van der Waals surface area (Å²) in [7, 11) is 0. The summed E-state index contributed by atoms with van der Waals surface area (Å²) in [6, 6.07) is 11.3. The minimum absolute atomic E-state index is 0.0149. The van der Waals surface area contributed by atoms with Gasteiger partial charge in [0.25, 0.3) is 0 Å². The lowest BCUT2D eigenvalue weighted by Crippen LogP contribution is -2.17. The molecule has 0 radical (unpaired) electrons. The Balaban J connectivity index is 2.58. The summed E-state index contributed by atoms with van der Waals surface area (Å²) in [5.74, 6) is -1.15. The van der Waals surface area contributed by atoms with Crippen LogP contribution in [-0.4, -0.2) is 10.9 Å². The van der Waals surface area contributed by atoms with Gasteiger partial charge in [-0.15, -0.1) is 0 Å². The summed E-state index contributed by atoms with van der Waals surface area (Å²) < 4.78 is 14.6. The molecule has 0 saturated heterocycles. The van der Waals surface area contributed by atoms with Crippen molar-refractivity contribution in [2.24, 2.45) is 0 Å². The first-order valence-corrected chi connectivity index (χ1v) is 6.44. The van der Waals surface area contributed by atoms with Crippen LogP contribution in [0.4, 0.5) is 4.39 Å². The molecular weight excluding hydrogens is 255 g/mol. The molecular formula is C17H17FO2. The first-order chi connectivity index (χ1) is 9.32. The lowest BCUT2D eigenvalue weighted by Gasteiger charge is -2.22. The average Bonchev–Trinajstić information content (AvgIpc) is 2.37. The van der Waals surface area contributed by atoms with Crippen molar-refractivity contribution in [2.45, 2.75) is 26.2 Å². The summed E-state index contributed by atoms with van der Waals surface area (Å²) in [6.07, 6.45) is 0. The van der Waals surface area contributed by atoms with Crippen molar-refractivity contribution in [2.75, 3.05) is 0 Å². The number of phenols is 1. The van der Waals surface area contributed by atoms with E-state index in [1.165, 1.54) is 12.1 Å². The fraction of sp³-hybridized carbons (Fsp3) is 0.235. The molecule has 0 bridgehead atoms. The van der Waals surface area contributed by atoms with Gasteiger partial charge in [-0.25, -0.2) is 4.39 Å². The Morgan fingerprint density at radius 2 is 1.65 bits per heavy atom. The first kappa shape index (κ1) is 14.3. The van der Waals surface area contributed by atoms with Crippen LogP contribution >= 0.6 is 0 Å². The second kappa shape index (κ2) is 5.08. The predicted molar refractivity (Wildman–Crippen MR) is 76.6 cm³/mol.